The lowest BCUT2D eigenvalue weighted by molar-refractivity contribution is 0.0572. The lowest BCUT2D eigenvalue weighted by Crippen LogP contribution is -2.55. The molecule has 1 aliphatic heterocycles. The van der Waals surface area contributed by atoms with E-state index in [1.165, 1.54) is 0 Å². The number of methoxy groups -OCH3 is 1. The highest BCUT2D eigenvalue weighted by molar-refractivity contribution is 7.88. The van der Waals surface area contributed by atoms with Gasteiger partial charge in [-0.1, -0.05) is 6.07 Å². The van der Waals surface area contributed by atoms with E-state index in [1.54, 1.807) is 7.11 Å². The maximum Gasteiger partial charge on any atom is 0.209 e. The lowest BCUT2D eigenvalue weighted by atomic mass is 9.89. The van der Waals surface area contributed by atoms with Crippen LogP contribution in [-0.4, -0.2) is 33.4 Å². The van der Waals surface area contributed by atoms with Crippen molar-refractivity contribution in [1.29, 1.82) is 0 Å². The van der Waals surface area contributed by atoms with E-state index in [0.29, 0.717) is 6.42 Å². The Hall–Kier alpha value is -1.27. The Labute approximate surface area is 114 Å². The first-order valence-corrected chi connectivity index (χ1v) is 7.93. The molecule has 1 N–H and O–H groups in total. The van der Waals surface area contributed by atoms with Gasteiger partial charge in [0.2, 0.25) is 10.0 Å². The molecule has 19 heavy (non-hydrogen) atoms. The summed E-state index contributed by atoms with van der Waals surface area (Å²) >= 11 is 0. The van der Waals surface area contributed by atoms with Crippen molar-refractivity contribution in [1.82, 2.24) is 4.72 Å². The van der Waals surface area contributed by atoms with Crippen LogP contribution < -0.4 is 14.2 Å². The molecule has 0 amide bonds. The SMILES string of the molecule is COc1ccc2c(c1)OC(C)(C)C(NS(C)(=O)=O)C2. The van der Waals surface area contributed by atoms with Gasteiger partial charge in [-0.05, 0) is 31.9 Å². The number of hydrogen-bond donors (Lipinski definition) is 1. The zero-order valence-electron chi connectivity index (χ0n) is 11.6. The highest BCUT2D eigenvalue weighted by Crippen LogP contribution is 2.35. The Bertz CT molecular complexity index is 580. The summed E-state index contributed by atoms with van der Waals surface area (Å²) in [6.07, 6.45) is 1.76. The lowest BCUT2D eigenvalue weighted by Gasteiger charge is -2.40. The predicted octanol–water partition coefficient (Wildman–Crippen LogP) is 1.33. The fourth-order valence-electron chi connectivity index (χ4n) is 2.19. The average molecular weight is 285 g/mol. The Morgan fingerprint density at radius 3 is 2.68 bits per heavy atom. The van der Waals surface area contributed by atoms with Crippen LogP contribution in [0, 0.1) is 0 Å². The topological polar surface area (TPSA) is 64.6 Å². The molecule has 0 bridgehead atoms. The molecule has 1 heterocycles. The van der Waals surface area contributed by atoms with Gasteiger partial charge in [-0.25, -0.2) is 13.1 Å². The van der Waals surface area contributed by atoms with Crippen molar-refractivity contribution in [2.75, 3.05) is 13.4 Å². The van der Waals surface area contributed by atoms with Gasteiger partial charge in [-0.15, -0.1) is 0 Å². The first-order chi connectivity index (χ1) is 8.71. The molecule has 2 rings (SSSR count). The minimum absolute atomic E-state index is 0.289. The zero-order valence-corrected chi connectivity index (χ0v) is 12.4. The third kappa shape index (κ3) is 3.19. The van der Waals surface area contributed by atoms with Crippen LogP contribution >= 0.6 is 0 Å². The Morgan fingerprint density at radius 1 is 1.42 bits per heavy atom. The van der Waals surface area contributed by atoms with E-state index in [2.05, 4.69) is 4.72 Å². The molecule has 106 valence electrons. The van der Waals surface area contributed by atoms with Gasteiger partial charge >= 0.3 is 0 Å². The summed E-state index contributed by atoms with van der Waals surface area (Å²) in [5.74, 6) is 1.47. The van der Waals surface area contributed by atoms with Crippen molar-refractivity contribution in [3.63, 3.8) is 0 Å². The molecule has 1 aromatic rings. The number of benzene rings is 1. The molecule has 1 atom stereocenters. The van der Waals surface area contributed by atoms with E-state index in [4.69, 9.17) is 9.47 Å². The monoisotopic (exact) mass is 285 g/mol. The van der Waals surface area contributed by atoms with Crippen molar-refractivity contribution < 1.29 is 17.9 Å². The van der Waals surface area contributed by atoms with Crippen LogP contribution in [0.25, 0.3) is 0 Å². The van der Waals surface area contributed by atoms with Gasteiger partial charge in [0.1, 0.15) is 17.1 Å². The largest absolute Gasteiger partial charge is 0.497 e. The van der Waals surface area contributed by atoms with E-state index >= 15 is 0 Å². The summed E-state index contributed by atoms with van der Waals surface area (Å²) in [5.41, 5.74) is 0.365. The van der Waals surface area contributed by atoms with Crippen LogP contribution in [0.2, 0.25) is 0 Å². The van der Waals surface area contributed by atoms with Crippen molar-refractivity contribution in [3.05, 3.63) is 23.8 Å². The van der Waals surface area contributed by atoms with Crippen LogP contribution in [0.5, 0.6) is 11.5 Å². The highest BCUT2D eigenvalue weighted by atomic mass is 32.2. The van der Waals surface area contributed by atoms with Gasteiger partial charge in [-0.3, -0.25) is 0 Å². The molecule has 5 nitrogen and oxygen atoms in total. The molecule has 0 spiro atoms. The van der Waals surface area contributed by atoms with E-state index in [0.717, 1.165) is 23.3 Å². The number of nitrogens with one attached hydrogen (secondary N) is 1. The van der Waals surface area contributed by atoms with Gasteiger partial charge < -0.3 is 9.47 Å². The fraction of sp³-hybridized carbons (Fsp3) is 0.538. The molecule has 1 aromatic carbocycles. The Balaban J connectivity index is 2.33. The third-order valence-corrected chi connectivity index (χ3v) is 3.98. The number of fused-ring (bicyclic) bond motifs is 1. The molecular formula is C13H19NO4S. The normalized spacial score (nSPS) is 21.4. The number of ether oxygens (including phenoxy) is 2. The smallest absolute Gasteiger partial charge is 0.209 e. The first-order valence-electron chi connectivity index (χ1n) is 6.04. The molecule has 0 aromatic heterocycles. The maximum absolute atomic E-state index is 11.4. The van der Waals surface area contributed by atoms with Crippen molar-refractivity contribution >= 4 is 10.0 Å². The molecule has 0 saturated heterocycles. The van der Waals surface area contributed by atoms with Gasteiger partial charge in [0.25, 0.3) is 0 Å². The van der Waals surface area contributed by atoms with Crippen molar-refractivity contribution in [2.24, 2.45) is 0 Å². The third-order valence-electron chi connectivity index (χ3n) is 3.27. The number of rotatable bonds is 3. The summed E-state index contributed by atoms with van der Waals surface area (Å²) in [7, 11) is -1.66. The van der Waals surface area contributed by atoms with E-state index < -0.39 is 15.6 Å². The average Bonchev–Trinajstić information content (AvgIpc) is 2.27. The summed E-state index contributed by atoms with van der Waals surface area (Å²) in [5, 5.41) is 0. The Kier molecular flexibility index (Phi) is 3.49. The fourth-order valence-corrected chi connectivity index (χ4v) is 3.07. The standard InChI is InChI=1S/C13H19NO4S/c1-13(2)12(14-19(4,15)16)7-9-5-6-10(17-3)8-11(9)18-13/h5-6,8,12,14H,7H2,1-4H3. The van der Waals surface area contributed by atoms with Gasteiger partial charge in [0.15, 0.2) is 0 Å². The number of sulfonamides is 1. The molecular weight excluding hydrogens is 266 g/mol. The summed E-state index contributed by atoms with van der Waals surface area (Å²) < 4.78 is 36.5. The second-order valence-corrected chi connectivity index (χ2v) is 7.11. The quantitative estimate of drug-likeness (QED) is 0.910. The summed E-state index contributed by atoms with van der Waals surface area (Å²) in [6, 6.07) is 5.29. The molecule has 1 unspecified atom stereocenters. The molecule has 0 saturated carbocycles. The van der Waals surface area contributed by atoms with Crippen LogP contribution in [0.15, 0.2) is 18.2 Å². The van der Waals surface area contributed by atoms with E-state index in [-0.39, 0.29) is 6.04 Å². The van der Waals surface area contributed by atoms with Crippen molar-refractivity contribution in [2.45, 2.75) is 31.9 Å². The van der Waals surface area contributed by atoms with Crippen LogP contribution in [0.1, 0.15) is 19.4 Å². The van der Waals surface area contributed by atoms with Gasteiger partial charge in [0, 0.05) is 6.07 Å². The van der Waals surface area contributed by atoms with Crippen molar-refractivity contribution in [3.8, 4) is 11.5 Å². The minimum Gasteiger partial charge on any atom is -0.497 e. The predicted molar refractivity (Wildman–Crippen MR) is 73.2 cm³/mol. The Morgan fingerprint density at radius 2 is 2.11 bits per heavy atom. The van der Waals surface area contributed by atoms with Gasteiger partial charge in [0.05, 0.1) is 19.4 Å². The van der Waals surface area contributed by atoms with E-state index in [9.17, 15) is 8.42 Å². The summed E-state index contributed by atoms with van der Waals surface area (Å²) in [6.45, 7) is 3.75. The highest BCUT2D eigenvalue weighted by Gasteiger charge is 2.38. The van der Waals surface area contributed by atoms with Crippen LogP contribution in [-0.2, 0) is 16.4 Å². The maximum atomic E-state index is 11.4. The van der Waals surface area contributed by atoms with Gasteiger partial charge in [-0.2, -0.15) is 0 Å². The molecule has 0 fully saturated rings. The van der Waals surface area contributed by atoms with Crippen LogP contribution in [0.4, 0.5) is 0 Å². The molecule has 0 radical (unpaired) electrons. The van der Waals surface area contributed by atoms with E-state index in [1.807, 2.05) is 32.0 Å². The molecule has 1 aliphatic rings. The molecule has 0 aliphatic carbocycles. The van der Waals surface area contributed by atoms with Crippen LogP contribution in [0.3, 0.4) is 0 Å². The zero-order chi connectivity index (χ0) is 14.3. The first kappa shape index (κ1) is 14.1. The second kappa shape index (κ2) is 4.68. The summed E-state index contributed by atoms with van der Waals surface area (Å²) in [4.78, 5) is 0. The second-order valence-electron chi connectivity index (χ2n) is 5.33. The molecule has 6 heteroatoms. The number of hydrogen-bond acceptors (Lipinski definition) is 4. The minimum atomic E-state index is -3.26.